The van der Waals surface area contributed by atoms with E-state index in [9.17, 15) is 45.5 Å². The Kier molecular flexibility index (Phi) is 9.00. The first-order valence-corrected chi connectivity index (χ1v) is 16.2. The van der Waals surface area contributed by atoms with Gasteiger partial charge in [0.1, 0.15) is 5.25 Å². The zero-order chi connectivity index (χ0) is 35.2. The quantitative estimate of drug-likeness (QED) is 0.154. The van der Waals surface area contributed by atoms with E-state index >= 15 is 0 Å². The second kappa shape index (κ2) is 12.9. The van der Waals surface area contributed by atoms with Crippen molar-refractivity contribution in [3.05, 3.63) is 98.0 Å². The van der Waals surface area contributed by atoms with Gasteiger partial charge in [-0.15, -0.1) is 0 Å². The monoisotopic (exact) mass is 723 g/mol. The zero-order valence-electron chi connectivity index (χ0n) is 25.0. The number of benzene rings is 3. The van der Waals surface area contributed by atoms with Crippen molar-refractivity contribution < 1.29 is 50.2 Å². The van der Waals surface area contributed by atoms with Gasteiger partial charge in [-0.25, -0.2) is 4.90 Å². The zero-order valence-corrected chi connectivity index (χ0v) is 26.6. The molecule has 3 aromatic carbocycles. The van der Waals surface area contributed by atoms with Gasteiger partial charge in [-0.3, -0.25) is 19.2 Å². The SMILES string of the molecule is CCOc1cc([C@@H]2c3sc(=O)[nH]c3S[C@H]3C(=O)N(c4cccc(C(F)(F)F)c4)C(=O)[C@@H]23)ccc1OCC(=O)Nc1ccccc1C(F)(F)F. The lowest BCUT2D eigenvalue weighted by Crippen LogP contribution is -2.32. The number of hydrogen-bond acceptors (Lipinski definition) is 8. The van der Waals surface area contributed by atoms with Crippen molar-refractivity contribution in [2.24, 2.45) is 5.92 Å². The number of rotatable bonds is 8. The number of thiazole rings is 1. The van der Waals surface area contributed by atoms with Crippen molar-refractivity contribution in [2.75, 3.05) is 23.4 Å². The molecule has 4 aromatic rings. The normalized spacial score (nSPS) is 19.0. The van der Waals surface area contributed by atoms with Gasteiger partial charge in [0.25, 0.3) is 5.91 Å². The predicted octanol–water partition coefficient (Wildman–Crippen LogP) is 6.69. The van der Waals surface area contributed by atoms with E-state index in [1.807, 2.05) is 0 Å². The third-order valence-electron chi connectivity index (χ3n) is 7.75. The first-order valence-electron chi connectivity index (χ1n) is 14.5. The van der Waals surface area contributed by atoms with E-state index in [0.717, 1.165) is 58.3 Å². The summed E-state index contributed by atoms with van der Waals surface area (Å²) in [5.41, 5.74) is -2.37. The van der Waals surface area contributed by atoms with Crippen molar-refractivity contribution in [1.29, 1.82) is 0 Å². The van der Waals surface area contributed by atoms with Crippen LogP contribution in [-0.2, 0) is 26.7 Å². The fourth-order valence-corrected chi connectivity index (χ4v) is 8.24. The molecule has 0 spiro atoms. The number of nitrogens with zero attached hydrogens (tertiary/aromatic N) is 1. The number of fused-ring (bicyclic) bond motifs is 2. The van der Waals surface area contributed by atoms with Crippen LogP contribution in [0.2, 0.25) is 0 Å². The molecular weight excluding hydrogens is 700 g/mol. The van der Waals surface area contributed by atoms with E-state index in [2.05, 4.69) is 10.3 Å². The third kappa shape index (κ3) is 6.64. The topological polar surface area (TPSA) is 118 Å². The van der Waals surface area contributed by atoms with E-state index in [0.29, 0.717) is 15.5 Å². The van der Waals surface area contributed by atoms with Crippen LogP contribution in [0.4, 0.5) is 37.7 Å². The highest BCUT2D eigenvalue weighted by Gasteiger charge is 2.56. The van der Waals surface area contributed by atoms with E-state index in [1.54, 1.807) is 6.92 Å². The van der Waals surface area contributed by atoms with Crippen molar-refractivity contribution in [3.63, 3.8) is 0 Å². The molecule has 0 aliphatic carbocycles. The number of para-hydroxylation sites is 1. The van der Waals surface area contributed by atoms with Crippen LogP contribution in [0, 0.1) is 5.92 Å². The van der Waals surface area contributed by atoms with Crippen LogP contribution < -0.4 is 24.6 Å². The fraction of sp³-hybridized carbons (Fsp3) is 0.250. The molecule has 17 heteroatoms. The molecule has 0 unspecified atom stereocenters. The lowest BCUT2D eigenvalue weighted by Gasteiger charge is -2.30. The Morgan fingerprint density at radius 2 is 1.65 bits per heavy atom. The molecule has 2 N–H and O–H groups in total. The molecule has 6 rings (SSSR count). The minimum Gasteiger partial charge on any atom is -0.490 e. The second-order valence-electron chi connectivity index (χ2n) is 10.8. The molecular formula is C32H23F6N3O6S2. The molecule has 0 saturated carbocycles. The molecule has 256 valence electrons. The van der Waals surface area contributed by atoms with Gasteiger partial charge in [0.15, 0.2) is 18.1 Å². The maximum atomic E-state index is 14.0. The Labute approximate surface area is 281 Å². The summed E-state index contributed by atoms with van der Waals surface area (Å²) in [6.07, 6.45) is -9.43. The number of hydrogen-bond donors (Lipinski definition) is 2. The number of carbonyl (C=O) groups is 3. The molecule has 3 heterocycles. The molecule has 0 radical (unpaired) electrons. The number of alkyl halides is 6. The number of aromatic amines is 1. The Morgan fingerprint density at radius 3 is 2.37 bits per heavy atom. The third-order valence-corrected chi connectivity index (χ3v) is 10.1. The first-order chi connectivity index (χ1) is 23.2. The van der Waals surface area contributed by atoms with Gasteiger partial charge in [-0.1, -0.05) is 47.4 Å². The molecule has 49 heavy (non-hydrogen) atoms. The largest absolute Gasteiger partial charge is 0.490 e. The summed E-state index contributed by atoms with van der Waals surface area (Å²) >= 11 is 1.77. The molecule has 3 amide bonds. The van der Waals surface area contributed by atoms with Crippen LogP contribution in [-0.4, -0.2) is 41.2 Å². The van der Waals surface area contributed by atoms with Gasteiger partial charge in [-0.2, -0.15) is 26.3 Å². The van der Waals surface area contributed by atoms with Crippen molar-refractivity contribution in [3.8, 4) is 11.5 Å². The van der Waals surface area contributed by atoms with Crippen LogP contribution in [0.25, 0.3) is 0 Å². The Bertz CT molecular complexity index is 2010. The summed E-state index contributed by atoms with van der Waals surface area (Å²) in [7, 11) is 0. The van der Waals surface area contributed by atoms with Crippen LogP contribution >= 0.6 is 23.1 Å². The molecule has 9 nitrogen and oxygen atoms in total. The lowest BCUT2D eigenvalue weighted by atomic mass is 9.83. The number of H-pyrrole nitrogens is 1. The highest BCUT2D eigenvalue weighted by atomic mass is 32.2. The molecule has 2 aliphatic rings. The number of ether oxygens (including phenoxy) is 2. The molecule has 2 aliphatic heterocycles. The van der Waals surface area contributed by atoms with E-state index in [-0.39, 0.29) is 23.8 Å². The number of thioether (sulfide) groups is 1. The second-order valence-corrected chi connectivity index (χ2v) is 13.0. The molecule has 3 atom stereocenters. The van der Waals surface area contributed by atoms with Gasteiger partial charge >= 0.3 is 17.2 Å². The number of amides is 3. The predicted molar refractivity (Wildman–Crippen MR) is 167 cm³/mol. The Hall–Kier alpha value is -4.77. The minimum atomic E-state index is -4.72. The molecule has 1 fully saturated rings. The van der Waals surface area contributed by atoms with Gasteiger partial charge in [0, 0.05) is 10.8 Å². The summed E-state index contributed by atoms with van der Waals surface area (Å²) in [5.74, 6) is -4.29. The van der Waals surface area contributed by atoms with Crippen LogP contribution in [0.1, 0.15) is 34.4 Å². The Morgan fingerprint density at radius 1 is 0.898 bits per heavy atom. The first kappa shape index (κ1) is 34.1. The van der Waals surface area contributed by atoms with E-state index in [4.69, 9.17) is 9.47 Å². The number of halogens is 6. The van der Waals surface area contributed by atoms with Gasteiger partial charge in [0.2, 0.25) is 11.8 Å². The fourth-order valence-electron chi connectivity index (χ4n) is 5.73. The average Bonchev–Trinajstić information content (AvgIpc) is 3.53. The number of imide groups is 1. The maximum Gasteiger partial charge on any atom is 0.418 e. The summed E-state index contributed by atoms with van der Waals surface area (Å²) in [4.78, 5) is 56.0. The summed E-state index contributed by atoms with van der Waals surface area (Å²) < 4.78 is 91.9. The van der Waals surface area contributed by atoms with E-state index < -0.39 is 75.5 Å². The van der Waals surface area contributed by atoms with Gasteiger partial charge in [0.05, 0.1) is 40.1 Å². The number of aromatic nitrogens is 1. The summed E-state index contributed by atoms with van der Waals surface area (Å²) in [5, 5.41) is 1.44. The molecule has 0 bridgehead atoms. The Balaban J connectivity index is 1.30. The smallest absolute Gasteiger partial charge is 0.418 e. The van der Waals surface area contributed by atoms with Gasteiger partial charge < -0.3 is 19.8 Å². The molecule has 1 saturated heterocycles. The van der Waals surface area contributed by atoms with Crippen molar-refractivity contribution in [2.45, 2.75) is 35.5 Å². The van der Waals surface area contributed by atoms with Crippen molar-refractivity contribution in [1.82, 2.24) is 4.98 Å². The average molecular weight is 724 g/mol. The highest BCUT2D eigenvalue weighted by molar-refractivity contribution is 8.00. The van der Waals surface area contributed by atoms with Crippen molar-refractivity contribution >= 4 is 52.2 Å². The summed E-state index contributed by atoms with van der Waals surface area (Å²) in [6.45, 7) is 1.08. The van der Waals surface area contributed by atoms with Crippen LogP contribution in [0.3, 0.4) is 0 Å². The standard InChI is InChI=1S/C32H23F6N3O6S2/c1-2-46-21-12-15(10-11-20(21)47-14-22(42)39-19-9-4-3-8-18(19)32(36,37)38)23-24-26(48-27-25(23)49-30(45)40-27)29(44)41(28(24)43)17-7-5-6-16(13-17)31(33,34)35/h3-13,23-24,26H,2,14H2,1H3,(H,39,42)(H,40,45)/t23-,24-,26+/m0/s1. The maximum absolute atomic E-state index is 14.0. The lowest BCUT2D eigenvalue weighted by molar-refractivity contribution is -0.138. The van der Waals surface area contributed by atoms with Crippen LogP contribution in [0.15, 0.2) is 76.6 Å². The van der Waals surface area contributed by atoms with Gasteiger partial charge in [-0.05, 0) is 55.0 Å². The number of carbonyl (C=O) groups excluding carboxylic acids is 3. The number of nitrogens with one attached hydrogen (secondary N) is 2. The molecule has 1 aromatic heterocycles. The minimum absolute atomic E-state index is 0.0356. The highest BCUT2D eigenvalue weighted by Crippen LogP contribution is 2.54. The summed E-state index contributed by atoms with van der Waals surface area (Å²) in [6, 6.07) is 12.7. The van der Waals surface area contributed by atoms with E-state index in [1.165, 1.54) is 36.4 Å². The number of anilines is 2. The van der Waals surface area contributed by atoms with Crippen LogP contribution in [0.5, 0.6) is 11.5 Å².